The van der Waals surface area contributed by atoms with Gasteiger partial charge in [-0.3, -0.25) is 9.59 Å². The maximum absolute atomic E-state index is 12.3. The predicted molar refractivity (Wildman–Crippen MR) is 109 cm³/mol. The maximum Gasteiger partial charge on any atom is 0.262 e. The Balaban J connectivity index is 1.69. The van der Waals surface area contributed by atoms with Crippen LogP contribution in [0.4, 0.5) is 5.00 Å². The minimum absolute atomic E-state index is 0.152. The summed E-state index contributed by atoms with van der Waals surface area (Å²) in [6.45, 7) is 2.03. The van der Waals surface area contributed by atoms with E-state index in [9.17, 15) is 9.59 Å². The van der Waals surface area contributed by atoms with Gasteiger partial charge in [-0.1, -0.05) is 31.4 Å². The molecule has 1 aromatic heterocycles. The second kappa shape index (κ2) is 8.76. The molecule has 1 aromatic carbocycles. The second-order valence-electron chi connectivity index (χ2n) is 6.76. The number of nitrogens with two attached hydrogens (primary N) is 1. The maximum atomic E-state index is 12.3. The molecule has 3 rings (SSSR count). The molecular weight excluding hydrogens is 384 g/mol. The minimum atomic E-state index is -0.490. The first-order valence-electron chi connectivity index (χ1n) is 9.10. The topological polar surface area (TPSA) is 81.4 Å². The number of rotatable bonds is 7. The van der Waals surface area contributed by atoms with Gasteiger partial charge in [-0.2, -0.15) is 0 Å². The van der Waals surface area contributed by atoms with Gasteiger partial charge in [-0.05, 0) is 55.0 Å². The van der Waals surface area contributed by atoms with E-state index in [2.05, 4.69) is 12.2 Å². The van der Waals surface area contributed by atoms with Crippen molar-refractivity contribution in [3.8, 4) is 5.75 Å². The lowest BCUT2D eigenvalue weighted by Gasteiger charge is -2.21. The molecule has 5 nitrogen and oxygen atoms in total. The van der Waals surface area contributed by atoms with E-state index in [1.807, 2.05) is 0 Å². The summed E-state index contributed by atoms with van der Waals surface area (Å²) in [7, 11) is 0. The SMILES string of the molecule is CCC[C@@H]1CCc2c(sc(NC(=O)COc3ccc(Cl)cc3)c2C(N)=O)C1. The van der Waals surface area contributed by atoms with Gasteiger partial charge in [0.15, 0.2) is 6.61 Å². The van der Waals surface area contributed by atoms with Crippen molar-refractivity contribution in [3.05, 3.63) is 45.3 Å². The molecule has 0 radical (unpaired) electrons. The summed E-state index contributed by atoms with van der Waals surface area (Å²) < 4.78 is 5.46. The van der Waals surface area contributed by atoms with E-state index in [-0.39, 0.29) is 12.5 Å². The molecule has 0 saturated carbocycles. The van der Waals surface area contributed by atoms with Gasteiger partial charge in [0.25, 0.3) is 11.8 Å². The molecule has 1 aliphatic carbocycles. The molecule has 27 heavy (non-hydrogen) atoms. The van der Waals surface area contributed by atoms with Crippen LogP contribution in [-0.2, 0) is 17.6 Å². The van der Waals surface area contributed by atoms with E-state index in [4.69, 9.17) is 22.1 Å². The van der Waals surface area contributed by atoms with Crippen molar-refractivity contribution in [1.29, 1.82) is 0 Å². The molecule has 0 unspecified atom stereocenters. The number of thiophene rings is 1. The van der Waals surface area contributed by atoms with Gasteiger partial charge < -0.3 is 15.8 Å². The summed E-state index contributed by atoms with van der Waals surface area (Å²) in [6, 6.07) is 6.78. The lowest BCUT2D eigenvalue weighted by atomic mass is 9.84. The van der Waals surface area contributed by atoms with Gasteiger partial charge in [0, 0.05) is 9.90 Å². The minimum Gasteiger partial charge on any atom is -0.484 e. The monoisotopic (exact) mass is 406 g/mol. The Hall–Kier alpha value is -2.05. The van der Waals surface area contributed by atoms with Crippen LogP contribution in [0, 0.1) is 5.92 Å². The highest BCUT2D eigenvalue weighted by molar-refractivity contribution is 7.17. The van der Waals surface area contributed by atoms with Crippen LogP contribution in [0.15, 0.2) is 24.3 Å². The van der Waals surface area contributed by atoms with Crippen molar-refractivity contribution in [2.45, 2.75) is 39.0 Å². The first-order valence-corrected chi connectivity index (χ1v) is 10.3. The van der Waals surface area contributed by atoms with Crippen LogP contribution < -0.4 is 15.8 Å². The van der Waals surface area contributed by atoms with E-state index >= 15 is 0 Å². The molecule has 0 bridgehead atoms. The lowest BCUT2D eigenvalue weighted by molar-refractivity contribution is -0.118. The number of amides is 2. The average molecular weight is 407 g/mol. The highest BCUT2D eigenvalue weighted by Crippen LogP contribution is 2.40. The van der Waals surface area contributed by atoms with E-state index < -0.39 is 5.91 Å². The zero-order valence-electron chi connectivity index (χ0n) is 15.2. The number of fused-ring (bicyclic) bond motifs is 1. The molecule has 1 heterocycles. The van der Waals surface area contributed by atoms with Crippen LogP contribution in [0.25, 0.3) is 0 Å². The Kier molecular flexibility index (Phi) is 6.39. The Morgan fingerprint density at radius 3 is 2.74 bits per heavy atom. The molecule has 2 amide bonds. The summed E-state index contributed by atoms with van der Waals surface area (Å²) in [5, 5.41) is 3.94. The molecule has 0 aliphatic heterocycles. The molecule has 2 aromatic rings. The van der Waals surface area contributed by atoms with Crippen molar-refractivity contribution in [1.82, 2.24) is 0 Å². The van der Waals surface area contributed by atoms with Crippen LogP contribution in [0.5, 0.6) is 5.75 Å². The van der Waals surface area contributed by atoms with E-state index in [1.165, 1.54) is 22.6 Å². The van der Waals surface area contributed by atoms with Crippen molar-refractivity contribution in [2.75, 3.05) is 11.9 Å². The summed E-state index contributed by atoms with van der Waals surface area (Å²) in [4.78, 5) is 25.5. The van der Waals surface area contributed by atoms with Gasteiger partial charge in [0.1, 0.15) is 10.8 Å². The number of halogens is 1. The third kappa shape index (κ3) is 4.82. The Morgan fingerprint density at radius 2 is 2.07 bits per heavy atom. The Bertz CT molecular complexity index is 832. The largest absolute Gasteiger partial charge is 0.484 e. The number of primary amides is 1. The van der Waals surface area contributed by atoms with Crippen LogP contribution >= 0.6 is 22.9 Å². The van der Waals surface area contributed by atoms with Crippen molar-refractivity contribution in [2.24, 2.45) is 11.7 Å². The van der Waals surface area contributed by atoms with Crippen LogP contribution in [0.3, 0.4) is 0 Å². The molecule has 7 heteroatoms. The fourth-order valence-corrected chi connectivity index (χ4v) is 5.01. The van der Waals surface area contributed by atoms with E-state index in [1.54, 1.807) is 24.3 Å². The van der Waals surface area contributed by atoms with Crippen LogP contribution in [0.1, 0.15) is 47.0 Å². The first-order chi connectivity index (χ1) is 13.0. The fraction of sp³-hybridized carbons (Fsp3) is 0.400. The molecule has 3 N–H and O–H groups in total. The van der Waals surface area contributed by atoms with Gasteiger partial charge in [-0.25, -0.2) is 0 Å². The molecule has 1 aliphatic rings. The predicted octanol–water partition coefficient (Wildman–Crippen LogP) is 4.42. The standard InChI is InChI=1S/C20H23ClN2O3S/c1-2-3-12-4-9-15-16(10-12)27-20(18(15)19(22)25)23-17(24)11-26-14-7-5-13(21)6-8-14/h5-8,12H,2-4,9-11H2,1H3,(H2,22,25)(H,23,24)/t12-/m1/s1. The number of ether oxygens (including phenoxy) is 1. The lowest BCUT2D eigenvalue weighted by Crippen LogP contribution is -2.22. The Labute approximate surface area is 167 Å². The van der Waals surface area contributed by atoms with Crippen molar-refractivity contribution in [3.63, 3.8) is 0 Å². The third-order valence-corrected chi connectivity index (χ3v) is 6.17. The van der Waals surface area contributed by atoms with Crippen LogP contribution in [0.2, 0.25) is 5.02 Å². The molecule has 144 valence electrons. The number of carbonyl (C=O) groups excluding carboxylic acids is 2. The summed E-state index contributed by atoms with van der Waals surface area (Å²) in [6.07, 6.45) is 5.18. The van der Waals surface area contributed by atoms with Gasteiger partial charge in [0.2, 0.25) is 0 Å². The van der Waals surface area contributed by atoms with Gasteiger partial charge in [-0.15, -0.1) is 11.3 Å². The van der Waals surface area contributed by atoms with Gasteiger partial charge in [0.05, 0.1) is 5.56 Å². The number of nitrogens with one attached hydrogen (secondary N) is 1. The molecular formula is C20H23ClN2O3S. The fourth-order valence-electron chi connectivity index (χ4n) is 3.50. The number of carbonyl (C=O) groups is 2. The normalized spacial score (nSPS) is 15.9. The van der Waals surface area contributed by atoms with Crippen molar-refractivity contribution >= 4 is 39.8 Å². The summed E-state index contributed by atoms with van der Waals surface area (Å²) in [5.74, 6) is 0.378. The zero-order valence-corrected chi connectivity index (χ0v) is 16.8. The third-order valence-electron chi connectivity index (χ3n) is 4.75. The van der Waals surface area contributed by atoms with Crippen LogP contribution in [-0.4, -0.2) is 18.4 Å². The first kappa shape index (κ1) is 19.7. The van der Waals surface area contributed by atoms with Gasteiger partial charge >= 0.3 is 0 Å². The number of benzene rings is 1. The molecule has 1 atom stereocenters. The summed E-state index contributed by atoms with van der Waals surface area (Å²) in [5.41, 5.74) is 7.07. The highest BCUT2D eigenvalue weighted by Gasteiger charge is 2.28. The van der Waals surface area contributed by atoms with E-state index in [0.29, 0.717) is 27.3 Å². The highest BCUT2D eigenvalue weighted by atomic mass is 35.5. The number of anilines is 1. The molecule has 0 spiro atoms. The number of hydrogen-bond acceptors (Lipinski definition) is 4. The Morgan fingerprint density at radius 1 is 1.33 bits per heavy atom. The van der Waals surface area contributed by atoms with Crippen molar-refractivity contribution < 1.29 is 14.3 Å². The number of hydrogen-bond donors (Lipinski definition) is 2. The second-order valence-corrected chi connectivity index (χ2v) is 8.30. The molecule has 0 saturated heterocycles. The smallest absolute Gasteiger partial charge is 0.262 e. The quantitative estimate of drug-likeness (QED) is 0.713. The molecule has 0 fully saturated rings. The van der Waals surface area contributed by atoms with E-state index in [0.717, 1.165) is 31.2 Å². The average Bonchev–Trinajstić information content (AvgIpc) is 2.98. The summed E-state index contributed by atoms with van der Waals surface area (Å²) >= 11 is 7.30. The zero-order chi connectivity index (χ0) is 19.4.